The van der Waals surface area contributed by atoms with Crippen LogP contribution in [0.25, 0.3) is 0 Å². The summed E-state index contributed by atoms with van der Waals surface area (Å²) in [5.74, 6) is -0.552. The van der Waals surface area contributed by atoms with Gasteiger partial charge >= 0.3 is 11.8 Å². The number of rotatable bonds is 5. The molecule has 2 aliphatic rings. The first-order chi connectivity index (χ1) is 13.1. The van der Waals surface area contributed by atoms with Gasteiger partial charge < -0.3 is 24.8 Å². The van der Waals surface area contributed by atoms with Crippen molar-refractivity contribution in [2.75, 3.05) is 52.9 Å². The molecular formula is C19H26N4O4. The molecule has 0 bridgehead atoms. The Bertz CT molecular complexity index is 723. The van der Waals surface area contributed by atoms with Crippen molar-refractivity contribution in [1.29, 1.82) is 0 Å². The molecule has 3 amide bonds. The summed E-state index contributed by atoms with van der Waals surface area (Å²) in [4.78, 5) is 42.0. The summed E-state index contributed by atoms with van der Waals surface area (Å²) in [6.45, 7) is 4.95. The van der Waals surface area contributed by atoms with Crippen molar-refractivity contribution in [3.63, 3.8) is 0 Å². The van der Waals surface area contributed by atoms with Gasteiger partial charge in [0.15, 0.2) is 0 Å². The van der Waals surface area contributed by atoms with Crippen LogP contribution in [0, 0.1) is 0 Å². The number of benzene rings is 1. The number of likely N-dealkylation sites (N-methyl/N-ethyl adjacent to an activating group) is 1. The zero-order valence-corrected chi connectivity index (χ0v) is 15.8. The van der Waals surface area contributed by atoms with Crippen LogP contribution in [0.5, 0.6) is 5.75 Å². The lowest BCUT2D eigenvalue weighted by atomic mass is 10.0. The Labute approximate surface area is 159 Å². The van der Waals surface area contributed by atoms with Crippen molar-refractivity contribution in [3.8, 4) is 5.75 Å². The Kier molecular flexibility index (Phi) is 5.95. The van der Waals surface area contributed by atoms with E-state index in [9.17, 15) is 14.4 Å². The van der Waals surface area contributed by atoms with Gasteiger partial charge in [-0.3, -0.25) is 14.4 Å². The average Bonchev–Trinajstić information content (AvgIpc) is 2.71. The fraction of sp³-hybridized carbons (Fsp3) is 0.526. The molecule has 8 heteroatoms. The number of amides is 3. The van der Waals surface area contributed by atoms with E-state index < -0.39 is 11.8 Å². The highest BCUT2D eigenvalue weighted by atomic mass is 16.5. The minimum absolute atomic E-state index is 0.0756. The quantitative estimate of drug-likeness (QED) is 0.726. The Morgan fingerprint density at radius 1 is 1.15 bits per heavy atom. The first kappa shape index (κ1) is 19.2. The molecule has 0 aliphatic carbocycles. The predicted molar refractivity (Wildman–Crippen MR) is 99.2 cm³/mol. The predicted octanol–water partition coefficient (Wildman–Crippen LogP) is -0.141. The summed E-state index contributed by atoms with van der Waals surface area (Å²) in [6, 6.07) is 7.46. The van der Waals surface area contributed by atoms with Gasteiger partial charge in [-0.15, -0.1) is 0 Å². The second-order valence-electron chi connectivity index (χ2n) is 6.66. The molecule has 2 saturated heterocycles. The number of carbonyl (C=O) groups excluding carboxylic acids is 3. The van der Waals surface area contributed by atoms with Gasteiger partial charge in [0, 0.05) is 44.8 Å². The van der Waals surface area contributed by atoms with Crippen molar-refractivity contribution >= 4 is 17.7 Å². The number of ether oxygens (including phenoxy) is 1. The molecule has 1 unspecified atom stereocenters. The number of para-hydroxylation sites is 1. The van der Waals surface area contributed by atoms with Crippen LogP contribution >= 0.6 is 0 Å². The second kappa shape index (κ2) is 8.39. The smallest absolute Gasteiger partial charge is 0.312 e. The number of nitrogens with zero attached hydrogens (tertiary/aromatic N) is 3. The van der Waals surface area contributed by atoms with E-state index in [2.05, 4.69) is 5.32 Å². The molecule has 1 atom stereocenters. The van der Waals surface area contributed by atoms with Gasteiger partial charge in [-0.05, 0) is 13.0 Å². The normalized spacial score (nSPS) is 20.8. The van der Waals surface area contributed by atoms with Gasteiger partial charge in [0.25, 0.3) is 0 Å². The molecule has 146 valence electrons. The van der Waals surface area contributed by atoms with Gasteiger partial charge in [0.05, 0.1) is 13.2 Å². The summed E-state index contributed by atoms with van der Waals surface area (Å²) >= 11 is 0. The number of hydrogen-bond acceptors (Lipinski definition) is 5. The zero-order chi connectivity index (χ0) is 19.4. The molecule has 0 aromatic heterocycles. The molecular weight excluding hydrogens is 348 g/mol. The number of nitrogens with one attached hydrogen (secondary N) is 1. The summed E-state index contributed by atoms with van der Waals surface area (Å²) in [6.07, 6.45) is 0. The van der Waals surface area contributed by atoms with E-state index in [0.717, 1.165) is 11.3 Å². The zero-order valence-electron chi connectivity index (χ0n) is 15.8. The molecule has 1 aromatic rings. The van der Waals surface area contributed by atoms with E-state index in [1.807, 2.05) is 31.2 Å². The Hall–Kier alpha value is -2.61. The van der Waals surface area contributed by atoms with Gasteiger partial charge in [-0.25, -0.2) is 0 Å². The Morgan fingerprint density at radius 2 is 1.85 bits per heavy atom. The van der Waals surface area contributed by atoms with Crippen LogP contribution < -0.4 is 10.1 Å². The van der Waals surface area contributed by atoms with Crippen LogP contribution in [0.2, 0.25) is 0 Å². The fourth-order valence-electron chi connectivity index (χ4n) is 3.64. The van der Waals surface area contributed by atoms with Crippen molar-refractivity contribution in [2.24, 2.45) is 0 Å². The number of carbonyl (C=O) groups is 3. The van der Waals surface area contributed by atoms with Gasteiger partial charge in [-0.2, -0.15) is 0 Å². The summed E-state index contributed by atoms with van der Waals surface area (Å²) < 4.78 is 5.45. The van der Waals surface area contributed by atoms with Crippen molar-refractivity contribution < 1.29 is 19.1 Å². The largest absolute Gasteiger partial charge is 0.496 e. The van der Waals surface area contributed by atoms with Gasteiger partial charge in [0.2, 0.25) is 5.91 Å². The van der Waals surface area contributed by atoms with Crippen molar-refractivity contribution in [2.45, 2.75) is 13.0 Å². The molecule has 27 heavy (non-hydrogen) atoms. The van der Waals surface area contributed by atoms with Crippen LogP contribution in [0.15, 0.2) is 24.3 Å². The molecule has 0 saturated carbocycles. The minimum atomic E-state index is -0.597. The summed E-state index contributed by atoms with van der Waals surface area (Å²) in [5.41, 5.74) is 0.929. The molecule has 0 radical (unpaired) electrons. The standard InChI is InChI=1S/C19H26N4O4/c1-3-21-10-11-22(19(26)18(21)25)13-17(24)23-9-8-20-12-15(23)14-6-4-5-7-16(14)27-2/h4-7,15,20H,3,8-13H2,1-2H3. The molecule has 2 fully saturated rings. The van der Waals surface area contributed by atoms with Crippen molar-refractivity contribution in [3.05, 3.63) is 29.8 Å². The highest BCUT2D eigenvalue weighted by Gasteiger charge is 2.35. The lowest BCUT2D eigenvalue weighted by Crippen LogP contribution is -2.58. The highest BCUT2D eigenvalue weighted by Crippen LogP contribution is 2.30. The summed E-state index contributed by atoms with van der Waals surface area (Å²) in [7, 11) is 1.61. The monoisotopic (exact) mass is 374 g/mol. The highest BCUT2D eigenvalue weighted by molar-refractivity contribution is 6.35. The number of hydrogen-bond donors (Lipinski definition) is 1. The average molecular weight is 374 g/mol. The molecule has 2 heterocycles. The molecule has 0 spiro atoms. The van der Waals surface area contributed by atoms with E-state index in [4.69, 9.17) is 4.74 Å². The Morgan fingerprint density at radius 3 is 2.59 bits per heavy atom. The number of methoxy groups -OCH3 is 1. The lowest BCUT2D eigenvalue weighted by molar-refractivity contribution is -0.158. The third-order valence-corrected chi connectivity index (χ3v) is 5.17. The number of piperazine rings is 2. The first-order valence-corrected chi connectivity index (χ1v) is 9.28. The van der Waals surface area contributed by atoms with Crippen LogP contribution in [-0.2, 0) is 14.4 Å². The van der Waals surface area contributed by atoms with Crippen LogP contribution in [0.3, 0.4) is 0 Å². The minimum Gasteiger partial charge on any atom is -0.496 e. The Balaban J connectivity index is 1.74. The third-order valence-electron chi connectivity index (χ3n) is 5.17. The summed E-state index contributed by atoms with van der Waals surface area (Å²) in [5, 5.41) is 3.31. The second-order valence-corrected chi connectivity index (χ2v) is 6.66. The maximum atomic E-state index is 13.0. The molecule has 8 nitrogen and oxygen atoms in total. The SMILES string of the molecule is CCN1CCN(CC(=O)N2CCNCC2c2ccccc2OC)C(=O)C1=O. The van der Waals surface area contributed by atoms with E-state index >= 15 is 0 Å². The molecule has 2 aliphatic heterocycles. The third kappa shape index (κ3) is 3.90. The van der Waals surface area contributed by atoms with E-state index in [-0.39, 0.29) is 18.5 Å². The molecule has 1 N–H and O–H groups in total. The maximum Gasteiger partial charge on any atom is 0.312 e. The topological polar surface area (TPSA) is 82.2 Å². The van der Waals surface area contributed by atoms with E-state index in [1.165, 1.54) is 9.80 Å². The fourth-order valence-corrected chi connectivity index (χ4v) is 3.64. The van der Waals surface area contributed by atoms with Gasteiger partial charge in [0.1, 0.15) is 12.3 Å². The van der Waals surface area contributed by atoms with Crippen LogP contribution in [-0.4, -0.2) is 85.3 Å². The molecule has 1 aromatic carbocycles. The van der Waals surface area contributed by atoms with E-state index in [1.54, 1.807) is 12.0 Å². The van der Waals surface area contributed by atoms with Crippen molar-refractivity contribution in [1.82, 2.24) is 20.0 Å². The first-order valence-electron chi connectivity index (χ1n) is 9.28. The lowest BCUT2D eigenvalue weighted by Gasteiger charge is -2.39. The van der Waals surface area contributed by atoms with Crippen LogP contribution in [0.4, 0.5) is 0 Å². The molecule has 3 rings (SSSR count). The maximum absolute atomic E-state index is 13.0. The van der Waals surface area contributed by atoms with Gasteiger partial charge in [-0.1, -0.05) is 18.2 Å². The van der Waals surface area contributed by atoms with Crippen LogP contribution in [0.1, 0.15) is 18.5 Å². The van der Waals surface area contributed by atoms with E-state index in [0.29, 0.717) is 39.3 Å².